The van der Waals surface area contributed by atoms with Crippen molar-refractivity contribution in [2.75, 3.05) is 6.54 Å². The Morgan fingerprint density at radius 1 is 1.50 bits per heavy atom. The fraction of sp³-hybridized carbons (Fsp3) is 0.615. The van der Waals surface area contributed by atoms with Gasteiger partial charge in [0.1, 0.15) is 5.82 Å². The predicted molar refractivity (Wildman–Crippen MR) is 72.1 cm³/mol. The largest absolute Gasteiger partial charge is 0.481 e. The summed E-state index contributed by atoms with van der Waals surface area (Å²) in [4.78, 5) is 30.1. The van der Waals surface area contributed by atoms with E-state index in [4.69, 9.17) is 0 Å². The van der Waals surface area contributed by atoms with Crippen LogP contribution in [0.1, 0.15) is 44.5 Å². The summed E-state index contributed by atoms with van der Waals surface area (Å²) in [5, 5.41) is 14.7. The number of nitrogens with one attached hydrogen (secondary N) is 3. The molecule has 1 atom stereocenters. The summed E-state index contributed by atoms with van der Waals surface area (Å²) in [5.41, 5.74) is -0.800. The Labute approximate surface area is 117 Å². The van der Waals surface area contributed by atoms with E-state index in [0.717, 1.165) is 12.8 Å². The van der Waals surface area contributed by atoms with E-state index in [1.165, 1.54) is 0 Å². The second kappa shape index (κ2) is 5.94. The summed E-state index contributed by atoms with van der Waals surface area (Å²) in [6.45, 7) is 1.97. The van der Waals surface area contributed by atoms with E-state index in [9.17, 15) is 14.7 Å². The lowest BCUT2D eigenvalue weighted by Crippen LogP contribution is -2.45. The van der Waals surface area contributed by atoms with Gasteiger partial charge in [-0.1, -0.05) is 12.8 Å². The molecule has 1 aliphatic carbocycles. The van der Waals surface area contributed by atoms with E-state index < -0.39 is 11.4 Å². The smallest absolute Gasteiger partial charge is 0.315 e. The van der Waals surface area contributed by atoms with Crippen LogP contribution in [-0.2, 0) is 4.79 Å². The molecule has 7 heteroatoms. The quantitative estimate of drug-likeness (QED) is 0.654. The molecule has 1 aromatic rings. The number of amides is 2. The molecule has 7 nitrogen and oxygen atoms in total. The van der Waals surface area contributed by atoms with Crippen LogP contribution in [0.25, 0.3) is 0 Å². The average molecular weight is 280 g/mol. The number of rotatable bonds is 5. The molecule has 0 spiro atoms. The number of carbonyl (C=O) groups is 2. The first-order valence-corrected chi connectivity index (χ1v) is 6.80. The molecule has 1 unspecified atom stereocenters. The summed E-state index contributed by atoms with van der Waals surface area (Å²) in [5.74, 6) is -0.164. The van der Waals surface area contributed by atoms with Crippen molar-refractivity contribution in [2.45, 2.75) is 38.6 Å². The minimum Gasteiger partial charge on any atom is -0.481 e. The maximum Gasteiger partial charge on any atom is 0.315 e. The van der Waals surface area contributed by atoms with Gasteiger partial charge in [0, 0.05) is 18.9 Å². The highest BCUT2D eigenvalue weighted by molar-refractivity contribution is 5.78. The minimum absolute atomic E-state index is 0.166. The van der Waals surface area contributed by atoms with Gasteiger partial charge in [-0.2, -0.15) is 0 Å². The molecule has 1 aromatic heterocycles. The Bertz CT molecular complexity index is 466. The summed E-state index contributed by atoms with van der Waals surface area (Å²) < 4.78 is 0. The molecule has 1 aliphatic rings. The highest BCUT2D eigenvalue weighted by Crippen LogP contribution is 2.37. The van der Waals surface area contributed by atoms with Crippen LogP contribution >= 0.6 is 0 Å². The standard InChI is InChI=1S/C13H20N4O3/c1-9(10-14-6-7-15-10)17-12(20)16-8-13(11(18)19)4-2-3-5-13/h6-7,9H,2-5,8H2,1H3,(H,14,15)(H,18,19)(H2,16,17,20). The molecule has 0 aromatic carbocycles. The molecular weight excluding hydrogens is 260 g/mol. The zero-order valence-corrected chi connectivity index (χ0v) is 11.5. The number of carboxylic acids is 1. The van der Waals surface area contributed by atoms with Crippen LogP contribution in [0.15, 0.2) is 12.4 Å². The van der Waals surface area contributed by atoms with Crippen molar-refractivity contribution < 1.29 is 14.7 Å². The van der Waals surface area contributed by atoms with Crippen molar-refractivity contribution in [1.29, 1.82) is 0 Å². The topological polar surface area (TPSA) is 107 Å². The van der Waals surface area contributed by atoms with Crippen LogP contribution < -0.4 is 10.6 Å². The Kier molecular flexibility index (Phi) is 4.26. The average Bonchev–Trinajstić information content (AvgIpc) is 3.08. The lowest BCUT2D eigenvalue weighted by Gasteiger charge is -2.24. The minimum atomic E-state index is -0.825. The molecule has 1 saturated carbocycles. The van der Waals surface area contributed by atoms with Crippen LogP contribution in [0.2, 0.25) is 0 Å². The zero-order chi connectivity index (χ0) is 14.6. The third kappa shape index (κ3) is 3.09. The van der Waals surface area contributed by atoms with Gasteiger partial charge in [0.05, 0.1) is 11.5 Å². The molecule has 0 saturated heterocycles. The van der Waals surface area contributed by atoms with Gasteiger partial charge in [-0.3, -0.25) is 4.79 Å². The highest BCUT2D eigenvalue weighted by atomic mass is 16.4. The zero-order valence-electron chi connectivity index (χ0n) is 11.5. The summed E-state index contributed by atoms with van der Waals surface area (Å²) in [6, 6.07) is -0.629. The SMILES string of the molecule is CC(NC(=O)NCC1(C(=O)O)CCCC1)c1ncc[nH]1. The van der Waals surface area contributed by atoms with Gasteiger partial charge in [0.25, 0.3) is 0 Å². The summed E-state index contributed by atoms with van der Waals surface area (Å²) in [6.07, 6.45) is 6.34. The number of aromatic nitrogens is 2. The lowest BCUT2D eigenvalue weighted by molar-refractivity contribution is -0.148. The van der Waals surface area contributed by atoms with Crippen molar-refractivity contribution in [3.8, 4) is 0 Å². The van der Waals surface area contributed by atoms with Crippen molar-refractivity contribution in [2.24, 2.45) is 5.41 Å². The Hall–Kier alpha value is -2.05. The molecule has 1 heterocycles. The Morgan fingerprint density at radius 3 is 2.75 bits per heavy atom. The van der Waals surface area contributed by atoms with Gasteiger partial charge in [0.15, 0.2) is 0 Å². The molecule has 20 heavy (non-hydrogen) atoms. The number of carbonyl (C=O) groups excluding carboxylic acids is 1. The first-order chi connectivity index (χ1) is 9.53. The fourth-order valence-corrected chi connectivity index (χ4v) is 2.60. The van der Waals surface area contributed by atoms with Gasteiger partial charge in [0.2, 0.25) is 0 Å². The van der Waals surface area contributed by atoms with E-state index in [1.54, 1.807) is 19.3 Å². The van der Waals surface area contributed by atoms with Crippen molar-refractivity contribution in [3.05, 3.63) is 18.2 Å². The molecule has 1 fully saturated rings. The molecular formula is C13H20N4O3. The van der Waals surface area contributed by atoms with Crippen molar-refractivity contribution >= 4 is 12.0 Å². The van der Waals surface area contributed by atoms with E-state index >= 15 is 0 Å². The Balaban J connectivity index is 1.84. The number of nitrogens with zero attached hydrogens (tertiary/aromatic N) is 1. The molecule has 0 radical (unpaired) electrons. The predicted octanol–water partition coefficient (Wildman–Crippen LogP) is 1.41. The van der Waals surface area contributed by atoms with E-state index in [2.05, 4.69) is 20.6 Å². The van der Waals surface area contributed by atoms with Crippen LogP contribution in [0.3, 0.4) is 0 Å². The second-order valence-electron chi connectivity index (χ2n) is 5.32. The van der Waals surface area contributed by atoms with E-state index in [0.29, 0.717) is 18.7 Å². The first-order valence-electron chi connectivity index (χ1n) is 6.80. The van der Waals surface area contributed by atoms with Gasteiger partial charge in [-0.15, -0.1) is 0 Å². The number of carboxylic acid groups (broad SMARTS) is 1. The number of aliphatic carboxylic acids is 1. The van der Waals surface area contributed by atoms with Crippen LogP contribution in [0, 0.1) is 5.41 Å². The van der Waals surface area contributed by atoms with Crippen LogP contribution in [0.4, 0.5) is 4.79 Å². The summed E-state index contributed by atoms with van der Waals surface area (Å²) in [7, 11) is 0. The molecule has 0 bridgehead atoms. The Morgan fingerprint density at radius 2 is 2.20 bits per heavy atom. The molecule has 110 valence electrons. The first kappa shape index (κ1) is 14.4. The number of urea groups is 1. The van der Waals surface area contributed by atoms with Crippen molar-refractivity contribution in [3.63, 3.8) is 0 Å². The molecule has 2 rings (SSSR count). The summed E-state index contributed by atoms with van der Waals surface area (Å²) >= 11 is 0. The van der Waals surface area contributed by atoms with E-state index in [1.807, 2.05) is 0 Å². The van der Waals surface area contributed by atoms with E-state index in [-0.39, 0.29) is 18.6 Å². The monoisotopic (exact) mass is 280 g/mol. The number of imidazole rings is 1. The normalized spacial score (nSPS) is 18.4. The van der Waals surface area contributed by atoms with Gasteiger partial charge < -0.3 is 20.7 Å². The molecule has 0 aliphatic heterocycles. The molecule has 4 N–H and O–H groups in total. The number of H-pyrrole nitrogens is 1. The third-order valence-electron chi connectivity index (χ3n) is 3.88. The molecule has 2 amide bonds. The maximum atomic E-state index is 11.8. The third-order valence-corrected chi connectivity index (χ3v) is 3.88. The maximum absolute atomic E-state index is 11.8. The van der Waals surface area contributed by atoms with Gasteiger partial charge in [-0.25, -0.2) is 9.78 Å². The van der Waals surface area contributed by atoms with Crippen molar-refractivity contribution in [1.82, 2.24) is 20.6 Å². The second-order valence-corrected chi connectivity index (χ2v) is 5.32. The van der Waals surface area contributed by atoms with Crippen LogP contribution in [0.5, 0.6) is 0 Å². The van der Waals surface area contributed by atoms with Crippen LogP contribution in [-0.4, -0.2) is 33.6 Å². The van der Waals surface area contributed by atoms with Gasteiger partial charge >= 0.3 is 12.0 Å². The number of hydrogen-bond donors (Lipinski definition) is 4. The number of aromatic amines is 1. The lowest BCUT2D eigenvalue weighted by atomic mass is 9.86. The highest BCUT2D eigenvalue weighted by Gasteiger charge is 2.41. The van der Waals surface area contributed by atoms with Gasteiger partial charge in [-0.05, 0) is 19.8 Å². The number of hydrogen-bond acceptors (Lipinski definition) is 3. The fourth-order valence-electron chi connectivity index (χ4n) is 2.60.